The van der Waals surface area contributed by atoms with Gasteiger partial charge >= 0.3 is 0 Å². The topological polar surface area (TPSA) is 40.6 Å². The molecule has 1 aliphatic rings. The van der Waals surface area contributed by atoms with Crippen molar-refractivity contribution in [3.8, 4) is 0 Å². The van der Waals surface area contributed by atoms with Crippen LogP contribution in [0.4, 0.5) is 0 Å². The van der Waals surface area contributed by atoms with E-state index in [0.29, 0.717) is 14.8 Å². The van der Waals surface area contributed by atoms with Gasteiger partial charge in [0, 0.05) is 25.7 Å². The van der Waals surface area contributed by atoms with Gasteiger partial charge in [0.2, 0.25) is 0 Å². The van der Waals surface area contributed by atoms with Gasteiger partial charge < -0.3 is 4.90 Å². The number of likely N-dealkylation sites (N-methyl/N-ethyl adjacent to an activating group) is 1. The first kappa shape index (κ1) is 18.7. The largest absolute Gasteiger partial charge is 0.339 e. The predicted octanol–water partition coefficient (Wildman–Crippen LogP) is 3.78. The van der Waals surface area contributed by atoms with E-state index < -0.39 is 0 Å². The Morgan fingerprint density at radius 3 is 2.25 bits per heavy atom. The summed E-state index contributed by atoms with van der Waals surface area (Å²) < 4.78 is 0.563. The van der Waals surface area contributed by atoms with Crippen LogP contribution >= 0.6 is 24.0 Å². The van der Waals surface area contributed by atoms with E-state index >= 15 is 0 Å². The van der Waals surface area contributed by atoms with Crippen molar-refractivity contribution in [3.63, 3.8) is 0 Å². The van der Waals surface area contributed by atoms with Crippen LogP contribution in [0, 0.1) is 0 Å². The molecule has 0 spiro atoms. The van der Waals surface area contributed by atoms with Crippen LogP contribution in [-0.2, 0) is 4.79 Å². The lowest BCUT2D eigenvalue weighted by Gasteiger charge is -2.21. The third-order valence-electron chi connectivity index (χ3n) is 3.72. The summed E-state index contributed by atoms with van der Waals surface area (Å²) in [4.78, 5) is 28.5. The predicted molar refractivity (Wildman–Crippen MR) is 104 cm³/mol. The van der Waals surface area contributed by atoms with Crippen molar-refractivity contribution in [2.75, 3.05) is 20.1 Å². The molecule has 4 nitrogen and oxygen atoms in total. The van der Waals surface area contributed by atoms with Gasteiger partial charge in [0.15, 0.2) is 0 Å². The molecule has 0 aromatic heterocycles. The molecule has 0 N–H and O–H groups in total. The molecule has 2 amide bonds. The lowest BCUT2D eigenvalue weighted by molar-refractivity contribution is -0.121. The molecule has 0 bridgehead atoms. The molecule has 2 rings (SSSR count). The quantitative estimate of drug-likeness (QED) is 0.570. The molecule has 1 fully saturated rings. The van der Waals surface area contributed by atoms with E-state index in [1.807, 2.05) is 35.2 Å². The minimum Gasteiger partial charge on any atom is -0.339 e. The van der Waals surface area contributed by atoms with Gasteiger partial charge in [-0.2, -0.15) is 0 Å². The summed E-state index contributed by atoms with van der Waals surface area (Å²) in [7, 11) is 1.68. The fraction of sp³-hybridized carbons (Fsp3) is 0.389. The summed E-state index contributed by atoms with van der Waals surface area (Å²) in [6.07, 6.45) is 3.71. The fourth-order valence-electron chi connectivity index (χ4n) is 2.46. The number of amides is 2. The van der Waals surface area contributed by atoms with Crippen LogP contribution in [0.5, 0.6) is 0 Å². The standard InChI is InChI=1S/C18H22N2O2S2/c1-4-10-20(11-5-2)16(21)14-8-6-13(7-9-14)12-15-17(22)19(3)18(23)24-15/h6-9,12H,4-5,10-11H2,1-3H3. The summed E-state index contributed by atoms with van der Waals surface area (Å²) in [5, 5.41) is 0. The molecular formula is C18H22N2O2S2. The zero-order chi connectivity index (χ0) is 17.7. The first-order valence-corrected chi connectivity index (χ1v) is 9.31. The summed E-state index contributed by atoms with van der Waals surface area (Å²) in [6, 6.07) is 7.37. The zero-order valence-corrected chi connectivity index (χ0v) is 15.9. The van der Waals surface area contributed by atoms with Crippen LogP contribution in [0.15, 0.2) is 29.2 Å². The van der Waals surface area contributed by atoms with Gasteiger partial charge in [-0.3, -0.25) is 14.5 Å². The van der Waals surface area contributed by atoms with E-state index in [1.54, 1.807) is 7.05 Å². The van der Waals surface area contributed by atoms with Crippen molar-refractivity contribution < 1.29 is 9.59 Å². The Morgan fingerprint density at radius 2 is 1.79 bits per heavy atom. The molecule has 0 radical (unpaired) electrons. The molecule has 1 aliphatic heterocycles. The Hall–Kier alpha value is -1.66. The number of carbonyl (C=O) groups is 2. The van der Waals surface area contributed by atoms with Gasteiger partial charge in [-0.05, 0) is 36.6 Å². The highest BCUT2D eigenvalue weighted by atomic mass is 32.2. The molecule has 1 saturated heterocycles. The third kappa shape index (κ3) is 4.24. The van der Waals surface area contributed by atoms with E-state index in [4.69, 9.17) is 12.2 Å². The van der Waals surface area contributed by atoms with Gasteiger partial charge in [-0.1, -0.05) is 50.0 Å². The average Bonchev–Trinajstić information content (AvgIpc) is 2.82. The van der Waals surface area contributed by atoms with Crippen LogP contribution in [0.3, 0.4) is 0 Å². The third-order valence-corrected chi connectivity index (χ3v) is 5.20. The normalized spacial score (nSPS) is 16.1. The molecule has 24 heavy (non-hydrogen) atoms. The van der Waals surface area contributed by atoms with Crippen molar-refractivity contribution in [3.05, 3.63) is 40.3 Å². The highest BCUT2D eigenvalue weighted by molar-refractivity contribution is 8.26. The van der Waals surface area contributed by atoms with E-state index in [0.717, 1.165) is 31.5 Å². The zero-order valence-electron chi connectivity index (χ0n) is 14.2. The molecule has 0 saturated carbocycles. The first-order valence-electron chi connectivity index (χ1n) is 8.08. The smallest absolute Gasteiger partial charge is 0.265 e. The molecule has 0 aliphatic carbocycles. The molecule has 0 unspecified atom stereocenters. The van der Waals surface area contributed by atoms with Gasteiger partial charge in [-0.15, -0.1) is 0 Å². The minimum atomic E-state index is -0.0813. The minimum absolute atomic E-state index is 0.0603. The number of thiocarbonyl (C=S) groups is 1. The molecule has 6 heteroatoms. The van der Waals surface area contributed by atoms with Crippen molar-refractivity contribution in [1.29, 1.82) is 0 Å². The number of hydrogen-bond donors (Lipinski definition) is 0. The Morgan fingerprint density at radius 1 is 1.21 bits per heavy atom. The average molecular weight is 363 g/mol. The highest BCUT2D eigenvalue weighted by Crippen LogP contribution is 2.31. The number of hydrogen-bond acceptors (Lipinski definition) is 4. The summed E-state index contributed by atoms with van der Waals surface area (Å²) >= 11 is 6.42. The number of carbonyl (C=O) groups excluding carboxylic acids is 2. The molecule has 0 atom stereocenters. The molecule has 128 valence electrons. The van der Waals surface area contributed by atoms with Gasteiger partial charge in [0.25, 0.3) is 11.8 Å². The maximum Gasteiger partial charge on any atom is 0.265 e. The van der Waals surface area contributed by atoms with E-state index in [2.05, 4.69) is 13.8 Å². The second-order valence-corrected chi connectivity index (χ2v) is 7.33. The lowest BCUT2D eigenvalue weighted by Crippen LogP contribution is -2.32. The van der Waals surface area contributed by atoms with E-state index in [-0.39, 0.29) is 11.8 Å². The Bertz CT molecular complexity index is 662. The van der Waals surface area contributed by atoms with Gasteiger partial charge in [0.05, 0.1) is 4.91 Å². The molecular weight excluding hydrogens is 340 g/mol. The van der Waals surface area contributed by atoms with Crippen LogP contribution in [0.1, 0.15) is 42.6 Å². The molecule has 1 aromatic carbocycles. The Labute approximate surface area is 152 Å². The van der Waals surface area contributed by atoms with Crippen molar-refractivity contribution >= 4 is 46.2 Å². The number of benzene rings is 1. The number of rotatable bonds is 6. The summed E-state index contributed by atoms with van der Waals surface area (Å²) in [5.41, 5.74) is 1.56. The van der Waals surface area contributed by atoms with E-state index in [9.17, 15) is 9.59 Å². The van der Waals surface area contributed by atoms with Crippen LogP contribution in [0.2, 0.25) is 0 Å². The maximum atomic E-state index is 12.5. The first-order chi connectivity index (χ1) is 11.5. The Kier molecular flexibility index (Phi) is 6.57. The lowest BCUT2D eigenvalue weighted by atomic mass is 10.1. The SMILES string of the molecule is CCCN(CCC)C(=O)c1ccc(C=C2SC(=S)N(C)C2=O)cc1. The number of nitrogens with zero attached hydrogens (tertiary/aromatic N) is 2. The highest BCUT2D eigenvalue weighted by Gasteiger charge is 2.28. The second-order valence-electron chi connectivity index (χ2n) is 5.65. The van der Waals surface area contributed by atoms with Crippen LogP contribution in [-0.4, -0.2) is 46.1 Å². The Balaban J connectivity index is 2.14. The molecule has 1 heterocycles. The fourth-order valence-corrected chi connectivity index (χ4v) is 3.64. The van der Waals surface area contributed by atoms with Gasteiger partial charge in [0.1, 0.15) is 4.32 Å². The second kappa shape index (κ2) is 8.44. The maximum absolute atomic E-state index is 12.5. The van der Waals surface area contributed by atoms with E-state index in [1.165, 1.54) is 16.7 Å². The van der Waals surface area contributed by atoms with Crippen LogP contribution < -0.4 is 0 Å². The van der Waals surface area contributed by atoms with Crippen molar-refractivity contribution in [2.24, 2.45) is 0 Å². The monoisotopic (exact) mass is 362 g/mol. The summed E-state index contributed by atoms with van der Waals surface area (Å²) in [6.45, 7) is 5.69. The van der Waals surface area contributed by atoms with Crippen molar-refractivity contribution in [1.82, 2.24) is 9.80 Å². The van der Waals surface area contributed by atoms with Crippen molar-refractivity contribution in [2.45, 2.75) is 26.7 Å². The van der Waals surface area contributed by atoms with Gasteiger partial charge in [-0.25, -0.2) is 0 Å². The summed E-state index contributed by atoms with van der Waals surface area (Å²) in [5.74, 6) is -0.0210. The number of thioether (sulfide) groups is 1. The van der Waals surface area contributed by atoms with Crippen LogP contribution in [0.25, 0.3) is 6.08 Å². The molecule has 1 aromatic rings.